The topological polar surface area (TPSA) is 86.5 Å². The Balaban J connectivity index is 3.44. The van der Waals surface area contributed by atoms with Gasteiger partial charge in [0.15, 0.2) is 5.78 Å². The summed E-state index contributed by atoms with van der Waals surface area (Å²) in [5.74, 6) is -1.21. The van der Waals surface area contributed by atoms with Gasteiger partial charge in [0.25, 0.3) is 5.69 Å². The maximum Gasteiger partial charge on any atom is 0.280 e. The van der Waals surface area contributed by atoms with Crippen LogP contribution in [0.5, 0.6) is 0 Å². The standard InChI is InChI=1S/C17H21NO5/c1-6-23-10-14(11(2)19)16(20)13-8-7-12(17(3,4)5)9-15(13)18(21)22/h7-10H,6H2,1-5H3/b14-10-. The Morgan fingerprint density at radius 1 is 1.30 bits per heavy atom. The van der Waals surface area contributed by atoms with E-state index in [9.17, 15) is 19.7 Å². The fourth-order valence-corrected chi connectivity index (χ4v) is 1.95. The monoisotopic (exact) mass is 319 g/mol. The molecule has 0 aliphatic carbocycles. The van der Waals surface area contributed by atoms with Gasteiger partial charge in [-0.15, -0.1) is 0 Å². The Morgan fingerprint density at radius 3 is 2.35 bits per heavy atom. The summed E-state index contributed by atoms with van der Waals surface area (Å²) in [6.07, 6.45) is 1.06. The second-order valence-corrected chi connectivity index (χ2v) is 6.11. The van der Waals surface area contributed by atoms with E-state index in [1.54, 1.807) is 13.0 Å². The lowest BCUT2D eigenvalue weighted by Gasteiger charge is -2.19. The number of carbonyl (C=O) groups is 2. The van der Waals surface area contributed by atoms with Gasteiger partial charge in [-0.05, 0) is 30.9 Å². The van der Waals surface area contributed by atoms with Crippen molar-refractivity contribution in [2.24, 2.45) is 0 Å². The molecule has 23 heavy (non-hydrogen) atoms. The molecule has 0 bridgehead atoms. The van der Waals surface area contributed by atoms with E-state index >= 15 is 0 Å². The van der Waals surface area contributed by atoms with Gasteiger partial charge in [-0.3, -0.25) is 19.7 Å². The molecule has 0 spiro atoms. The van der Waals surface area contributed by atoms with E-state index in [1.165, 1.54) is 19.1 Å². The van der Waals surface area contributed by atoms with Gasteiger partial charge in [0.2, 0.25) is 5.78 Å². The van der Waals surface area contributed by atoms with Gasteiger partial charge in [-0.2, -0.15) is 0 Å². The summed E-state index contributed by atoms with van der Waals surface area (Å²) in [7, 11) is 0. The van der Waals surface area contributed by atoms with Crippen LogP contribution in [0.3, 0.4) is 0 Å². The number of ketones is 2. The normalized spacial score (nSPS) is 12.0. The number of nitrogens with zero attached hydrogens (tertiary/aromatic N) is 1. The molecule has 0 saturated heterocycles. The molecule has 0 aromatic heterocycles. The van der Waals surface area contributed by atoms with Gasteiger partial charge in [0.1, 0.15) is 5.56 Å². The molecule has 0 atom stereocenters. The molecule has 1 aromatic carbocycles. The van der Waals surface area contributed by atoms with Crippen LogP contribution in [0.15, 0.2) is 30.0 Å². The molecule has 0 unspecified atom stereocenters. The third kappa shape index (κ3) is 4.48. The first-order valence-corrected chi connectivity index (χ1v) is 7.26. The first kappa shape index (κ1) is 18.5. The molecule has 0 radical (unpaired) electrons. The van der Waals surface area contributed by atoms with Gasteiger partial charge >= 0.3 is 0 Å². The van der Waals surface area contributed by atoms with E-state index in [0.717, 1.165) is 11.8 Å². The fourth-order valence-electron chi connectivity index (χ4n) is 1.95. The number of hydrogen-bond donors (Lipinski definition) is 0. The van der Waals surface area contributed by atoms with Crippen molar-refractivity contribution in [3.63, 3.8) is 0 Å². The SMILES string of the molecule is CCO/C=C(/C(C)=O)C(=O)c1ccc(C(C)(C)C)cc1[N+](=O)[O-]. The molecule has 6 nitrogen and oxygen atoms in total. The first-order chi connectivity index (χ1) is 10.6. The zero-order valence-corrected chi connectivity index (χ0v) is 14.0. The van der Waals surface area contributed by atoms with Crippen molar-refractivity contribution in [2.75, 3.05) is 6.61 Å². The minimum Gasteiger partial charge on any atom is -0.501 e. The van der Waals surface area contributed by atoms with E-state index < -0.39 is 16.5 Å². The predicted octanol–water partition coefficient (Wildman–Crippen LogP) is 3.58. The average Bonchev–Trinajstić information content (AvgIpc) is 2.45. The number of carbonyl (C=O) groups excluding carboxylic acids is 2. The minimum atomic E-state index is -0.710. The van der Waals surface area contributed by atoms with Gasteiger partial charge in [0.05, 0.1) is 23.4 Å². The summed E-state index contributed by atoms with van der Waals surface area (Å²) < 4.78 is 5.00. The number of nitro benzene ring substituents is 1. The Kier molecular flexibility index (Phi) is 5.79. The number of nitro groups is 1. The summed E-state index contributed by atoms with van der Waals surface area (Å²) in [6.45, 7) is 8.98. The molecule has 0 N–H and O–H groups in total. The van der Waals surface area contributed by atoms with Gasteiger partial charge in [-0.1, -0.05) is 26.8 Å². The quantitative estimate of drug-likeness (QED) is 0.152. The Bertz CT molecular complexity index is 668. The highest BCUT2D eigenvalue weighted by atomic mass is 16.6. The molecule has 1 aromatic rings. The third-order valence-corrected chi connectivity index (χ3v) is 3.30. The van der Waals surface area contributed by atoms with Crippen LogP contribution in [-0.2, 0) is 14.9 Å². The second kappa shape index (κ2) is 7.17. The largest absolute Gasteiger partial charge is 0.501 e. The Labute approximate surface area is 135 Å². The second-order valence-electron chi connectivity index (χ2n) is 6.11. The van der Waals surface area contributed by atoms with Crippen LogP contribution in [0.25, 0.3) is 0 Å². The molecule has 0 aliphatic rings. The Hall–Kier alpha value is -2.50. The number of hydrogen-bond acceptors (Lipinski definition) is 5. The van der Waals surface area contributed by atoms with Crippen molar-refractivity contribution in [3.8, 4) is 0 Å². The Morgan fingerprint density at radius 2 is 1.91 bits per heavy atom. The maximum atomic E-state index is 12.5. The molecular weight excluding hydrogens is 298 g/mol. The lowest BCUT2D eigenvalue weighted by Crippen LogP contribution is -2.16. The summed E-state index contributed by atoms with van der Waals surface area (Å²) in [5, 5.41) is 11.3. The molecule has 1 rings (SSSR count). The zero-order chi connectivity index (χ0) is 17.8. The number of Topliss-reactive ketones (excluding diaryl/α,β-unsaturated/α-hetero) is 2. The van der Waals surface area contributed by atoms with Crippen molar-refractivity contribution < 1.29 is 19.2 Å². The zero-order valence-electron chi connectivity index (χ0n) is 14.0. The van der Waals surface area contributed by atoms with E-state index in [-0.39, 0.29) is 28.8 Å². The molecule has 124 valence electrons. The van der Waals surface area contributed by atoms with E-state index in [4.69, 9.17) is 4.74 Å². The third-order valence-electron chi connectivity index (χ3n) is 3.30. The van der Waals surface area contributed by atoms with E-state index in [1.807, 2.05) is 20.8 Å². The summed E-state index contributed by atoms with van der Waals surface area (Å²) in [4.78, 5) is 34.9. The van der Waals surface area contributed by atoms with E-state index in [2.05, 4.69) is 0 Å². The van der Waals surface area contributed by atoms with Crippen LogP contribution in [0.4, 0.5) is 5.69 Å². The number of rotatable bonds is 6. The van der Waals surface area contributed by atoms with Crippen LogP contribution >= 0.6 is 0 Å². The smallest absolute Gasteiger partial charge is 0.280 e. The average molecular weight is 319 g/mol. The van der Waals surface area contributed by atoms with Crippen LogP contribution < -0.4 is 0 Å². The molecule has 0 aliphatic heterocycles. The summed E-state index contributed by atoms with van der Waals surface area (Å²) in [5.41, 5.74) is -0.204. The lowest BCUT2D eigenvalue weighted by molar-refractivity contribution is -0.385. The predicted molar refractivity (Wildman–Crippen MR) is 86.5 cm³/mol. The molecule has 0 heterocycles. The van der Waals surface area contributed by atoms with Crippen LogP contribution in [0.1, 0.15) is 50.5 Å². The van der Waals surface area contributed by atoms with Crippen molar-refractivity contribution in [1.82, 2.24) is 0 Å². The van der Waals surface area contributed by atoms with Crippen molar-refractivity contribution in [1.29, 1.82) is 0 Å². The lowest BCUT2D eigenvalue weighted by atomic mass is 9.85. The fraction of sp³-hybridized carbons (Fsp3) is 0.412. The molecule has 0 saturated carbocycles. The van der Waals surface area contributed by atoms with Crippen LogP contribution in [0.2, 0.25) is 0 Å². The number of allylic oxidation sites excluding steroid dienone is 1. The summed E-state index contributed by atoms with van der Waals surface area (Å²) >= 11 is 0. The molecule has 0 fully saturated rings. The molecular formula is C17H21NO5. The van der Waals surface area contributed by atoms with Crippen molar-refractivity contribution >= 4 is 17.3 Å². The number of benzene rings is 1. The highest BCUT2D eigenvalue weighted by Gasteiger charge is 2.27. The van der Waals surface area contributed by atoms with E-state index in [0.29, 0.717) is 0 Å². The molecule has 6 heteroatoms. The van der Waals surface area contributed by atoms with Crippen molar-refractivity contribution in [2.45, 2.75) is 40.0 Å². The van der Waals surface area contributed by atoms with Crippen molar-refractivity contribution in [3.05, 3.63) is 51.3 Å². The summed E-state index contributed by atoms with van der Waals surface area (Å²) in [6, 6.07) is 4.44. The van der Waals surface area contributed by atoms with Gasteiger partial charge < -0.3 is 4.74 Å². The van der Waals surface area contributed by atoms with Gasteiger partial charge in [0, 0.05) is 6.07 Å². The first-order valence-electron chi connectivity index (χ1n) is 7.26. The molecule has 0 amide bonds. The minimum absolute atomic E-state index is 0.121. The highest BCUT2D eigenvalue weighted by molar-refractivity contribution is 6.26. The number of ether oxygens (including phenoxy) is 1. The maximum absolute atomic E-state index is 12.5. The van der Waals surface area contributed by atoms with Crippen LogP contribution in [0, 0.1) is 10.1 Å². The van der Waals surface area contributed by atoms with Crippen LogP contribution in [-0.4, -0.2) is 23.1 Å². The van der Waals surface area contributed by atoms with Gasteiger partial charge in [-0.25, -0.2) is 0 Å². The highest BCUT2D eigenvalue weighted by Crippen LogP contribution is 2.29.